The number of hydrogen-bond donors (Lipinski definition) is 2. The number of allylic oxidation sites excluding steroid dienone is 2. The first-order valence-electron chi connectivity index (χ1n) is 10.3. The number of carbonyl (C=O) groups excluding carboxylic acids is 1. The van der Waals surface area contributed by atoms with Gasteiger partial charge in [-0.1, -0.05) is 66.9 Å². The average Bonchev–Trinajstić information content (AvgIpc) is 2.92. The number of unbranched alkanes of at least 4 members (excludes halogenated alkanes) is 2. The van der Waals surface area contributed by atoms with Gasteiger partial charge in [-0.3, -0.25) is 4.79 Å². The van der Waals surface area contributed by atoms with Gasteiger partial charge in [0.05, 0.1) is 19.3 Å². The van der Waals surface area contributed by atoms with Gasteiger partial charge in [0.2, 0.25) is 0 Å². The summed E-state index contributed by atoms with van der Waals surface area (Å²) in [5.41, 5.74) is 0. The van der Waals surface area contributed by atoms with Crippen molar-refractivity contribution in [2.24, 2.45) is 17.8 Å². The monoisotopic (exact) mass is 444 g/mol. The first kappa shape index (κ1) is 24.4. The first-order chi connectivity index (χ1) is 12.9. The van der Waals surface area contributed by atoms with Crippen LogP contribution in [0.5, 0.6) is 0 Å². The normalized spacial score (nSPS) is 28.1. The van der Waals surface area contributed by atoms with Crippen molar-refractivity contribution in [3.05, 3.63) is 24.3 Å². The quantitative estimate of drug-likeness (QED) is 0.196. The van der Waals surface area contributed by atoms with Crippen LogP contribution in [0.3, 0.4) is 0 Å². The Morgan fingerprint density at radius 1 is 1.33 bits per heavy atom. The Kier molecular flexibility index (Phi) is 12.2. The van der Waals surface area contributed by atoms with Gasteiger partial charge in [-0.05, 0) is 43.9 Å². The van der Waals surface area contributed by atoms with Crippen LogP contribution in [0.15, 0.2) is 24.3 Å². The zero-order valence-corrected chi connectivity index (χ0v) is 18.6. The Labute approximate surface area is 173 Å². The maximum absolute atomic E-state index is 11.1. The molecule has 0 aromatic heterocycles. The van der Waals surface area contributed by atoms with Crippen LogP contribution in [0, 0.1) is 17.8 Å². The van der Waals surface area contributed by atoms with Gasteiger partial charge in [0.15, 0.2) is 0 Å². The van der Waals surface area contributed by atoms with Crippen molar-refractivity contribution >= 4 is 21.9 Å². The zero-order valence-electron chi connectivity index (χ0n) is 17.0. The molecule has 156 valence electrons. The summed E-state index contributed by atoms with van der Waals surface area (Å²) in [6, 6.07) is 0. The molecule has 2 N–H and O–H groups in total. The molecule has 0 heterocycles. The number of carbonyl (C=O) groups is 1. The molecule has 0 spiro atoms. The Morgan fingerprint density at radius 2 is 2.07 bits per heavy atom. The highest BCUT2D eigenvalue weighted by Crippen LogP contribution is 2.40. The minimum Gasteiger partial charge on any atom is -0.469 e. The molecule has 0 saturated heterocycles. The third kappa shape index (κ3) is 8.93. The summed E-state index contributed by atoms with van der Waals surface area (Å²) in [6.07, 6.45) is 14.3. The first-order valence-corrected chi connectivity index (χ1v) is 11.2. The number of halogens is 1. The summed E-state index contributed by atoms with van der Waals surface area (Å²) in [4.78, 5) is 11.4. The molecule has 0 aromatic rings. The second kappa shape index (κ2) is 13.5. The van der Waals surface area contributed by atoms with E-state index in [1.54, 1.807) is 0 Å². The Bertz CT molecular complexity index is 477. The van der Waals surface area contributed by atoms with E-state index < -0.39 is 6.10 Å². The van der Waals surface area contributed by atoms with E-state index in [-0.39, 0.29) is 28.7 Å². The fourth-order valence-corrected chi connectivity index (χ4v) is 4.58. The lowest BCUT2D eigenvalue weighted by atomic mass is 9.89. The van der Waals surface area contributed by atoms with E-state index in [2.05, 4.69) is 46.7 Å². The number of alkyl halides is 1. The Morgan fingerprint density at radius 3 is 2.74 bits per heavy atom. The van der Waals surface area contributed by atoms with Crippen molar-refractivity contribution in [1.29, 1.82) is 0 Å². The largest absolute Gasteiger partial charge is 0.469 e. The Balaban J connectivity index is 2.51. The van der Waals surface area contributed by atoms with Crippen LogP contribution in [0.2, 0.25) is 0 Å². The van der Waals surface area contributed by atoms with Crippen molar-refractivity contribution < 1.29 is 19.7 Å². The van der Waals surface area contributed by atoms with E-state index in [4.69, 9.17) is 0 Å². The molecule has 0 radical (unpaired) electrons. The smallest absolute Gasteiger partial charge is 0.305 e. The molecule has 1 saturated carbocycles. The molecule has 4 nitrogen and oxygen atoms in total. The third-order valence-corrected chi connectivity index (χ3v) is 6.60. The van der Waals surface area contributed by atoms with Crippen LogP contribution in [-0.2, 0) is 9.53 Å². The molecule has 5 heteroatoms. The van der Waals surface area contributed by atoms with Gasteiger partial charge < -0.3 is 14.9 Å². The molecule has 0 bridgehead atoms. The lowest BCUT2D eigenvalue weighted by Gasteiger charge is -2.21. The minimum atomic E-state index is -0.451. The molecule has 1 fully saturated rings. The Hall–Kier alpha value is -0.650. The van der Waals surface area contributed by atoms with Gasteiger partial charge in [0, 0.05) is 17.2 Å². The van der Waals surface area contributed by atoms with Crippen molar-refractivity contribution in [3.8, 4) is 0 Å². The van der Waals surface area contributed by atoms with Crippen LogP contribution in [0.25, 0.3) is 0 Å². The van der Waals surface area contributed by atoms with Crippen molar-refractivity contribution in [2.75, 3.05) is 7.11 Å². The van der Waals surface area contributed by atoms with Crippen LogP contribution in [0.1, 0.15) is 65.2 Å². The number of aliphatic hydroxyl groups is 2. The number of ether oxygens (including phenoxy) is 1. The summed E-state index contributed by atoms with van der Waals surface area (Å²) < 4.78 is 4.64. The van der Waals surface area contributed by atoms with E-state index in [1.807, 2.05) is 12.2 Å². The third-order valence-electron chi connectivity index (χ3n) is 5.55. The molecule has 1 aliphatic carbocycles. The summed E-state index contributed by atoms with van der Waals surface area (Å²) in [5.74, 6) is 0.445. The molecule has 0 aromatic carbocycles. The molecule has 6 atom stereocenters. The lowest BCUT2D eigenvalue weighted by molar-refractivity contribution is -0.140. The summed E-state index contributed by atoms with van der Waals surface area (Å²) in [5, 5.41) is 20.8. The lowest BCUT2D eigenvalue weighted by Crippen LogP contribution is -2.20. The van der Waals surface area contributed by atoms with Gasteiger partial charge >= 0.3 is 5.97 Å². The molecule has 1 rings (SSSR count). The standard InChI is InChI=1S/C22H37BrO4/c1-4-5-10-16(2)20(24)14-13-18-17(19(23)15-21(18)25)11-8-6-7-9-12-22(26)27-3/h6,8,13-14,16-21,24-25H,4-5,7,9-12,15H2,1-3H3/t16?,17-,18-,19-,20-,21-/m1/s1. The average molecular weight is 445 g/mol. The highest BCUT2D eigenvalue weighted by atomic mass is 79.9. The molecule has 1 unspecified atom stereocenters. The predicted molar refractivity (Wildman–Crippen MR) is 114 cm³/mol. The van der Waals surface area contributed by atoms with E-state index in [1.165, 1.54) is 7.11 Å². The molecule has 1 aliphatic rings. The molecular weight excluding hydrogens is 408 g/mol. The second-order valence-corrected chi connectivity index (χ2v) is 8.91. The van der Waals surface area contributed by atoms with Gasteiger partial charge in [0.25, 0.3) is 0 Å². The number of aliphatic hydroxyl groups excluding tert-OH is 2. The van der Waals surface area contributed by atoms with Crippen LogP contribution >= 0.6 is 15.9 Å². The number of methoxy groups -OCH3 is 1. The van der Waals surface area contributed by atoms with E-state index >= 15 is 0 Å². The van der Waals surface area contributed by atoms with Gasteiger partial charge in [0.1, 0.15) is 0 Å². The van der Waals surface area contributed by atoms with E-state index in [0.29, 0.717) is 12.3 Å². The van der Waals surface area contributed by atoms with Gasteiger partial charge in [-0.15, -0.1) is 0 Å². The molecule has 0 aliphatic heterocycles. The molecular formula is C22H37BrO4. The maximum atomic E-state index is 11.1. The van der Waals surface area contributed by atoms with Crippen LogP contribution < -0.4 is 0 Å². The fraction of sp³-hybridized carbons (Fsp3) is 0.773. The van der Waals surface area contributed by atoms with E-state index in [0.717, 1.165) is 44.9 Å². The zero-order chi connectivity index (χ0) is 20.2. The summed E-state index contributed by atoms with van der Waals surface area (Å²) >= 11 is 3.72. The predicted octanol–water partition coefficient (Wildman–Crippen LogP) is 4.78. The SMILES string of the molecule is CCCCC(C)[C@H](O)C=C[C@@H]1[C@@H](CC=CCCCC(=O)OC)[C@H](Br)C[C@H]1O. The number of rotatable bonds is 12. The molecule has 27 heavy (non-hydrogen) atoms. The minimum absolute atomic E-state index is 0.0575. The summed E-state index contributed by atoms with van der Waals surface area (Å²) in [6.45, 7) is 4.24. The maximum Gasteiger partial charge on any atom is 0.305 e. The fourth-order valence-electron chi connectivity index (χ4n) is 3.63. The topological polar surface area (TPSA) is 66.8 Å². The van der Waals surface area contributed by atoms with E-state index in [9.17, 15) is 15.0 Å². The number of esters is 1. The van der Waals surface area contributed by atoms with Gasteiger partial charge in [-0.2, -0.15) is 0 Å². The van der Waals surface area contributed by atoms with Crippen LogP contribution in [0.4, 0.5) is 0 Å². The van der Waals surface area contributed by atoms with Crippen molar-refractivity contribution in [1.82, 2.24) is 0 Å². The molecule has 0 amide bonds. The highest BCUT2D eigenvalue weighted by molar-refractivity contribution is 9.09. The van der Waals surface area contributed by atoms with Gasteiger partial charge in [-0.25, -0.2) is 0 Å². The van der Waals surface area contributed by atoms with Crippen molar-refractivity contribution in [2.45, 2.75) is 82.2 Å². The van der Waals surface area contributed by atoms with Crippen molar-refractivity contribution in [3.63, 3.8) is 0 Å². The number of hydrogen-bond acceptors (Lipinski definition) is 4. The van der Waals surface area contributed by atoms with Crippen LogP contribution in [-0.4, -0.2) is 40.3 Å². The summed E-state index contributed by atoms with van der Waals surface area (Å²) in [7, 11) is 1.41. The second-order valence-electron chi connectivity index (χ2n) is 7.73. The highest BCUT2D eigenvalue weighted by Gasteiger charge is 2.39.